The number of hydrogen-bond donors (Lipinski definition) is 2. The minimum atomic E-state index is -4.93. The molecular formula is C34H39F4N3O5S. The maximum Gasteiger partial charge on any atom is 0.419 e. The average molecular weight is 678 g/mol. The van der Waals surface area contributed by atoms with E-state index in [1.54, 1.807) is 12.1 Å². The second kappa shape index (κ2) is 12.5. The number of allylic oxidation sites excluding steroid dienone is 1. The Labute approximate surface area is 272 Å². The topological polar surface area (TPSA) is 105 Å². The third-order valence-corrected chi connectivity index (χ3v) is 12.0. The molecule has 3 fully saturated rings. The first-order valence-electron chi connectivity index (χ1n) is 16.0. The lowest BCUT2D eigenvalue weighted by Gasteiger charge is -2.31. The van der Waals surface area contributed by atoms with Crippen molar-refractivity contribution in [1.29, 1.82) is 0 Å². The zero-order chi connectivity index (χ0) is 33.8. The molecule has 3 aliphatic carbocycles. The summed E-state index contributed by atoms with van der Waals surface area (Å²) in [7, 11) is -2.05. The number of carbonyl (C=O) groups excluding carboxylic acids is 2. The lowest BCUT2D eigenvalue weighted by atomic mass is 9.83. The van der Waals surface area contributed by atoms with Crippen LogP contribution in [0, 0.1) is 35.4 Å². The maximum absolute atomic E-state index is 14.0. The SMILES string of the molecule is COc1cc2c(cc1C(=O)N[C@H]1[C@@H](C(=O)Nc3ccc(F)c(C(F)(F)F)c3)[C@H]3CC[C@@H]1/C3=C\C1CC1)CN(S(=O)(=O)CC(C)C)CC2. The van der Waals surface area contributed by atoms with Crippen molar-refractivity contribution in [2.24, 2.45) is 29.6 Å². The number of carbonyl (C=O) groups is 2. The molecule has 0 spiro atoms. The van der Waals surface area contributed by atoms with E-state index in [0.29, 0.717) is 48.8 Å². The summed E-state index contributed by atoms with van der Waals surface area (Å²) in [6, 6.07) is 5.12. The fourth-order valence-corrected chi connectivity index (χ4v) is 9.26. The van der Waals surface area contributed by atoms with Gasteiger partial charge in [-0.05, 0) is 91.3 Å². The number of nitrogens with zero attached hydrogens (tertiary/aromatic N) is 1. The number of sulfonamides is 1. The van der Waals surface area contributed by atoms with Crippen LogP contribution in [-0.2, 0) is 34.0 Å². The van der Waals surface area contributed by atoms with E-state index in [-0.39, 0.29) is 41.3 Å². The zero-order valence-electron chi connectivity index (χ0n) is 26.5. The minimum Gasteiger partial charge on any atom is -0.496 e. The molecule has 2 aromatic rings. The number of nitrogens with one attached hydrogen (secondary N) is 2. The summed E-state index contributed by atoms with van der Waals surface area (Å²) >= 11 is 0. The molecule has 2 bridgehead atoms. The van der Waals surface area contributed by atoms with Crippen LogP contribution in [0.25, 0.3) is 0 Å². The van der Waals surface area contributed by atoms with Crippen LogP contribution >= 0.6 is 0 Å². The highest BCUT2D eigenvalue weighted by molar-refractivity contribution is 7.89. The van der Waals surface area contributed by atoms with Gasteiger partial charge in [-0.1, -0.05) is 25.5 Å². The zero-order valence-corrected chi connectivity index (χ0v) is 27.3. The average Bonchev–Trinajstić information content (AvgIpc) is 3.68. The van der Waals surface area contributed by atoms with Gasteiger partial charge in [0.1, 0.15) is 11.6 Å². The van der Waals surface area contributed by atoms with Gasteiger partial charge in [0.05, 0.1) is 29.9 Å². The lowest BCUT2D eigenvalue weighted by molar-refractivity contribution is -0.140. The summed E-state index contributed by atoms with van der Waals surface area (Å²) in [5.74, 6) is -2.85. The highest BCUT2D eigenvalue weighted by Gasteiger charge is 2.55. The van der Waals surface area contributed by atoms with Crippen LogP contribution in [0.5, 0.6) is 5.75 Å². The Morgan fingerprint density at radius 1 is 1.06 bits per heavy atom. The van der Waals surface area contributed by atoms with E-state index in [2.05, 4.69) is 16.7 Å². The number of halogens is 4. The van der Waals surface area contributed by atoms with Crippen LogP contribution < -0.4 is 15.4 Å². The van der Waals surface area contributed by atoms with E-state index >= 15 is 0 Å². The monoisotopic (exact) mass is 677 g/mol. The molecule has 47 heavy (non-hydrogen) atoms. The molecule has 4 aliphatic rings. The maximum atomic E-state index is 14.0. The summed E-state index contributed by atoms with van der Waals surface area (Å²) in [6.45, 7) is 4.14. The standard InChI is InChI=1S/C34H39F4N3O5S/c1-18(2)17-47(44,45)41-11-10-20-14-29(46-3)26(13-21(20)16-41)32(42)40-31-24-8-7-23(25(24)12-19-4-5-19)30(31)33(43)39-22-6-9-28(35)27(15-22)34(36,37)38/h6,9,12-15,18-19,23-24,30-31H,4-5,7-8,10-11,16-17H2,1-3H3,(H,39,43)(H,40,42)/b25-12-/t23-,24+,30-,31+/m0/s1. The Morgan fingerprint density at radius 3 is 2.45 bits per heavy atom. The lowest BCUT2D eigenvalue weighted by Crippen LogP contribution is -2.48. The molecule has 6 rings (SSSR count). The molecule has 1 aliphatic heterocycles. The number of benzene rings is 2. The summed E-state index contributed by atoms with van der Waals surface area (Å²) in [6.07, 6.45) is 1.27. The van der Waals surface area contributed by atoms with Crippen LogP contribution in [0.15, 0.2) is 42.0 Å². The van der Waals surface area contributed by atoms with Crippen molar-refractivity contribution in [2.45, 2.75) is 64.7 Å². The van der Waals surface area contributed by atoms with Gasteiger partial charge in [0, 0.05) is 30.7 Å². The van der Waals surface area contributed by atoms with Crippen LogP contribution in [0.3, 0.4) is 0 Å². The van der Waals surface area contributed by atoms with Gasteiger partial charge in [0.15, 0.2) is 0 Å². The number of alkyl halides is 3. The van der Waals surface area contributed by atoms with E-state index in [4.69, 9.17) is 4.74 Å². The number of rotatable bonds is 9. The first kappa shape index (κ1) is 33.5. The molecule has 13 heteroatoms. The van der Waals surface area contributed by atoms with Gasteiger partial charge in [-0.25, -0.2) is 12.8 Å². The van der Waals surface area contributed by atoms with Crippen LogP contribution in [-0.4, -0.2) is 50.0 Å². The largest absolute Gasteiger partial charge is 0.496 e. The molecule has 1 heterocycles. The highest BCUT2D eigenvalue weighted by atomic mass is 32.2. The van der Waals surface area contributed by atoms with Gasteiger partial charge in [-0.2, -0.15) is 17.5 Å². The number of ether oxygens (including phenoxy) is 1. The van der Waals surface area contributed by atoms with Crippen molar-refractivity contribution >= 4 is 27.5 Å². The van der Waals surface area contributed by atoms with Crippen molar-refractivity contribution in [3.05, 3.63) is 70.1 Å². The summed E-state index contributed by atoms with van der Waals surface area (Å²) in [5.41, 5.74) is 1.23. The Bertz CT molecular complexity index is 1720. The molecule has 0 unspecified atom stereocenters. The van der Waals surface area contributed by atoms with Gasteiger partial charge in [-0.3, -0.25) is 9.59 Å². The Morgan fingerprint density at radius 2 is 1.79 bits per heavy atom. The Hall–Kier alpha value is -3.45. The van der Waals surface area contributed by atoms with Crippen molar-refractivity contribution in [1.82, 2.24) is 9.62 Å². The Kier molecular flexibility index (Phi) is 8.92. The molecule has 4 atom stereocenters. The van der Waals surface area contributed by atoms with Crippen LogP contribution in [0.2, 0.25) is 0 Å². The first-order valence-corrected chi connectivity index (χ1v) is 17.6. The predicted octanol–water partition coefficient (Wildman–Crippen LogP) is 5.93. The van der Waals surface area contributed by atoms with Gasteiger partial charge in [0.2, 0.25) is 15.9 Å². The van der Waals surface area contributed by atoms with Crippen LogP contribution in [0.1, 0.15) is 66.6 Å². The molecule has 0 aromatic heterocycles. The fourth-order valence-electron chi connectivity index (χ4n) is 7.51. The molecule has 2 amide bonds. The minimum absolute atomic E-state index is 0.0195. The number of fused-ring (bicyclic) bond motifs is 3. The van der Waals surface area contributed by atoms with E-state index in [1.165, 1.54) is 11.4 Å². The smallest absolute Gasteiger partial charge is 0.419 e. The number of methoxy groups -OCH3 is 1. The van der Waals surface area contributed by atoms with Crippen LogP contribution in [0.4, 0.5) is 23.2 Å². The summed E-state index contributed by atoms with van der Waals surface area (Å²) in [4.78, 5) is 27.8. The normalized spacial score (nSPS) is 25.2. The molecule has 2 aromatic carbocycles. The third-order valence-electron chi connectivity index (χ3n) is 9.77. The van der Waals surface area contributed by atoms with Gasteiger partial charge in [-0.15, -0.1) is 0 Å². The van der Waals surface area contributed by atoms with Crippen molar-refractivity contribution in [3.63, 3.8) is 0 Å². The first-order chi connectivity index (χ1) is 22.2. The molecule has 8 nitrogen and oxygen atoms in total. The van der Waals surface area contributed by atoms with E-state index in [1.807, 2.05) is 13.8 Å². The van der Waals surface area contributed by atoms with Gasteiger partial charge in [0.25, 0.3) is 5.91 Å². The van der Waals surface area contributed by atoms with Crippen molar-refractivity contribution in [3.8, 4) is 5.75 Å². The number of amides is 2. The second-order valence-corrected chi connectivity index (χ2v) is 15.6. The van der Waals surface area contributed by atoms with E-state index in [9.17, 15) is 35.6 Å². The van der Waals surface area contributed by atoms with Gasteiger partial charge < -0.3 is 15.4 Å². The molecular weight excluding hydrogens is 638 g/mol. The highest BCUT2D eigenvalue weighted by Crippen LogP contribution is 2.54. The molecule has 0 radical (unpaired) electrons. The number of hydrogen-bond acceptors (Lipinski definition) is 5. The predicted molar refractivity (Wildman–Crippen MR) is 168 cm³/mol. The van der Waals surface area contributed by atoms with Crippen molar-refractivity contribution < 1.29 is 40.3 Å². The second-order valence-electron chi connectivity index (χ2n) is 13.6. The van der Waals surface area contributed by atoms with E-state index < -0.39 is 51.4 Å². The van der Waals surface area contributed by atoms with Gasteiger partial charge >= 0.3 is 6.18 Å². The molecule has 254 valence electrons. The third kappa shape index (κ3) is 6.78. The summed E-state index contributed by atoms with van der Waals surface area (Å²) < 4.78 is 87.1. The molecule has 2 N–H and O–H groups in total. The number of anilines is 1. The summed E-state index contributed by atoms with van der Waals surface area (Å²) in [5, 5.41) is 5.63. The van der Waals surface area contributed by atoms with Crippen molar-refractivity contribution in [2.75, 3.05) is 24.7 Å². The van der Waals surface area contributed by atoms with E-state index in [0.717, 1.165) is 36.5 Å². The fraction of sp³-hybridized carbons (Fsp3) is 0.529. The Balaban J connectivity index is 1.28. The molecule has 0 saturated heterocycles. The molecule has 3 saturated carbocycles. The quantitative estimate of drug-likeness (QED) is 0.253.